The first-order valence-electron chi connectivity index (χ1n) is 8.31. The first-order valence-corrected chi connectivity index (χ1v) is 8.31. The van der Waals surface area contributed by atoms with E-state index < -0.39 is 5.97 Å². The molecule has 0 unspecified atom stereocenters. The number of amides is 1. The Morgan fingerprint density at radius 1 is 1.23 bits per heavy atom. The van der Waals surface area contributed by atoms with Gasteiger partial charge in [-0.2, -0.15) is 0 Å². The number of benzene rings is 1. The van der Waals surface area contributed by atoms with Gasteiger partial charge in [0.2, 0.25) is 5.91 Å². The second kappa shape index (κ2) is 9.05. The third kappa shape index (κ3) is 5.35. The summed E-state index contributed by atoms with van der Waals surface area (Å²) in [6.07, 6.45) is 0. The number of methoxy groups -OCH3 is 1. The minimum atomic E-state index is -0.437. The summed E-state index contributed by atoms with van der Waals surface area (Å²) in [6.45, 7) is 4.80. The van der Waals surface area contributed by atoms with Crippen LogP contribution < -0.4 is 10.1 Å². The molecule has 1 aromatic carbocycles. The summed E-state index contributed by atoms with van der Waals surface area (Å²) in [4.78, 5) is 25.6. The van der Waals surface area contributed by atoms with Gasteiger partial charge >= 0.3 is 5.97 Å². The van der Waals surface area contributed by atoms with Crippen LogP contribution in [0.15, 0.2) is 34.7 Å². The third-order valence-corrected chi connectivity index (χ3v) is 3.66. The van der Waals surface area contributed by atoms with Gasteiger partial charge in [0.1, 0.15) is 22.8 Å². The zero-order chi connectivity index (χ0) is 19.1. The number of anilines is 1. The molecule has 0 spiro atoms. The van der Waals surface area contributed by atoms with Gasteiger partial charge in [-0.25, -0.2) is 4.79 Å². The van der Waals surface area contributed by atoms with Crippen molar-refractivity contribution in [2.24, 2.45) is 0 Å². The van der Waals surface area contributed by atoms with E-state index in [0.29, 0.717) is 35.9 Å². The van der Waals surface area contributed by atoms with Crippen molar-refractivity contribution in [1.82, 2.24) is 4.90 Å². The molecule has 1 aromatic heterocycles. The van der Waals surface area contributed by atoms with Gasteiger partial charge in [0.05, 0.1) is 26.8 Å². The number of nitrogens with one attached hydrogen (secondary N) is 1. The topological polar surface area (TPSA) is 81.0 Å². The molecule has 0 atom stereocenters. The minimum Gasteiger partial charge on any atom is -0.494 e. The van der Waals surface area contributed by atoms with Gasteiger partial charge in [-0.05, 0) is 51.2 Å². The molecule has 26 heavy (non-hydrogen) atoms. The Bertz CT molecular complexity index is 752. The molecule has 7 nitrogen and oxygen atoms in total. The number of aryl methyl sites for hydroxylation is 1. The molecule has 0 radical (unpaired) electrons. The van der Waals surface area contributed by atoms with Crippen LogP contribution >= 0.6 is 0 Å². The van der Waals surface area contributed by atoms with E-state index in [1.807, 2.05) is 19.1 Å². The summed E-state index contributed by atoms with van der Waals surface area (Å²) in [6, 6.07) is 8.84. The number of esters is 1. The van der Waals surface area contributed by atoms with E-state index in [9.17, 15) is 9.59 Å². The number of likely N-dealkylation sites (N-methyl/N-ethyl adjacent to an activating group) is 1. The third-order valence-electron chi connectivity index (χ3n) is 3.66. The van der Waals surface area contributed by atoms with E-state index in [2.05, 4.69) is 5.32 Å². The Hall–Kier alpha value is -2.80. The molecule has 2 rings (SSSR count). The van der Waals surface area contributed by atoms with Crippen molar-refractivity contribution in [3.8, 4) is 5.75 Å². The van der Waals surface area contributed by atoms with E-state index in [0.717, 1.165) is 5.75 Å². The summed E-state index contributed by atoms with van der Waals surface area (Å²) in [5.74, 6) is 1.28. The van der Waals surface area contributed by atoms with Crippen LogP contribution in [0.4, 0.5) is 5.69 Å². The van der Waals surface area contributed by atoms with Crippen molar-refractivity contribution in [2.45, 2.75) is 20.4 Å². The van der Waals surface area contributed by atoms with Crippen LogP contribution in [-0.2, 0) is 16.1 Å². The standard InChI is InChI=1S/C19H24N2O5/c1-5-25-15-8-6-14(7-9-15)20-18(22)12-21(3)11-16-10-17(13(2)26-16)19(23)24-4/h6-10H,5,11-12H2,1-4H3,(H,20,22). The molecule has 0 bridgehead atoms. The number of rotatable bonds is 8. The van der Waals surface area contributed by atoms with Gasteiger partial charge in [-0.1, -0.05) is 0 Å². The molecule has 0 aliphatic carbocycles. The number of hydrogen-bond donors (Lipinski definition) is 1. The van der Waals surface area contributed by atoms with Crippen LogP contribution in [0.5, 0.6) is 5.75 Å². The first-order chi connectivity index (χ1) is 12.4. The highest BCUT2D eigenvalue weighted by Gasteiger charge is 2.17. The molecule has 0 fully saturated rings. The minimum absolute atomic E-state index is 0.145. The SMILES string of the molecule is CCOc1ccc(NC(=O)CN(C)Cc2cc(C(=O)OC)c(C)o2)cc1. The molecule has 1 heterocycles. The van der Waals surface area contributed by atoms with E-state index in [4.69, 9.17) is 13.9 Å². The van der Waals surface area contributed by atoms with Crippen LogP contribution in [0.1, 0.15) is 28.8 Å². The maximum atomic E-state index is 12.2. The molecule has 1 amide bonds. The molecular formula is C19H24N2O5. The molecule has 140 valence electrons. The zero-order valence-corrected chi connectivity index (χ0v) is 15.5. The lowest BCUT2D eigenvalue weighted by molar-refractivity contribution is -0.117. The molecule has 0 aliphatic heterocycles. The van der Waals surface area contributed by atoms with Crippen LogP contribution in [0.2, 0.25) is 0 Å². The van der Waals surface area contributed by atoms with Crippen molar-refractivity contribution in [3.05, 3.63) is 47.4 Å². The van der Waals surface area contributed by atoms with E-state index in [1.54, 1.807) is 37.1 Å². The average Bonchev–Trinajstić information content (AvgIpc) is 2.96. The summed E-state index contributed by atoms with van der Waals surface area (Å²) in [5.41, 5.74) is 1.10. The van der Waals surface area contributed by atoms with E-state index in [-0.39, 0.29) is 12.5 Å². The molecule has 7 heteroatoms. The highest BCUT2D eigenvalue weighted by molar-refractivity contribution is 5.92. The summed E-state index contributed by atoms with van der Waals surface area (Å²) in [5, 5.41) is 2.83. The van der Waals surface area contributed by atoms with Crippen LogP contribution in [0.3, 0.4) is 0 Å². The predicted octanol–water partition coefficient (Wildman–Crippen LogP) is 2.84. The Labute approximate surface area is 152 Å². The van der Waals surface area contributed by atoms with Gasteiger partial charge in [-0.3, -0.25) is 9.69 Å². The van der Waals surface area contributed by atoms with Gasteiger partial charge in [0, 0.05) is 5.69 Å². The fourth-order valence-electron chi connectivity index (χ4n) is 2.50. The number of carbonyl (C=O) groups excluding carboxylic acids is 2. The number of ether oxygens (including phenoxy) is 2. The lowest BCUT2D eigenvalue weighted by atomic mass is 10.2. The van der Waals surface area contributed by atoms with Gasteiger partial charge in [0.25, 0.3) is 0 Å². The van der Waals surface area contributed by atoms with Crippen molar-refractivity contribution in [2.75, 3.05) is 32.6 Å². The fraction of sp³-hybridized carbons (Fsp3) is 0.368. The van der Waals surface area contributed by atoms with Crippen LogP contribution in [-0.4, -0.2) is 44.1 Å². The number of nitrogens with zero attached hydrogens (tertiary/aromatic N) is 1. The zero-order valence-electron chi connectivity index (χ0n) is 15.5. The number of hydrogen-bond acceptors (Lipinski definition) is 6. The number of carbonyl (C=O) groups is 2. The largest absolute Gasteiger partial charge is 0.494 e. The Kier molecular flexibility index (Phi) is 6.80. The molecule has 0 aliphatic rings. The monoisotopic (exact) mass is 360 g/mol. The van der Waals surface area contributed by atoms with Crippen molar-refractivity contribution in [3.63, 3.8) is 0 Å². The Morgan fingerprint density at radius 2 is 1.92 bits per heavy atom. The van der Waals surface area contributed by atoms with Crippen molar-refractivity contribution >= 4 is 17.6 Å². The average molecular weight is 360 g/mol. The fourth-order valence-corrected chi connectivity index (χ4v) is 2.50. The Balaban J connectivity index is 1.88. The second-order valence-corrected chi connectivity index (χ2v) is 5.85. The lowest BCUT2D eigenvalue weighted by Crippen LogP contribution is -2.29. The predicted molar refractivity (Wildman–Crippen MR) is 97.4 cm³/mol. The normalized spacial score (nSPS) is 10.7. The van der Waals surface area contributed by atoms with Crippen molar-refractivity contribution in [1.29, 1.82) is 0 Å². The highest BCUT2D eigenvalue weighted by Crippen LogP contribution is 2.18. The van der Waals surface area contributed by atoms with E-state index >= 15 is 0 Å². The Morgan fingerprint density at radius 3 is 2.54 bits per heavy atom. The van der Waals surface area contributed by atoms with Crippen molar-refractivity contribution < 1.29 is 23.5 Å². The second-order valence-electron chi connectivity index (χ2n) is 5.85. The van der Waals surface area contributed by atoms with Gasteiger partial charge in [0.15, 0.2) is 0 Å². The molecule has 0 saturated heterocycles. The van der Waals surface area contributed by atoms with Crippen LogP contribution in [0.25, 0.3) is 0 Å². The summed E-state index contributed by atoms with van der Waals surface area (Å²) in [7, 11) is 3.12. The molecular weight excluding hydrogens is 336 g/mol. The van der Waals surface area contributed by atoms with Crippen LogP contribution in [0, 0.1) is 6.92 Å². The number of furan rings is 1. The maximum Gasteiger partial charge on any atom is 0.341 e. The molecule has 2 aromatic rings. The lowest BCUT2D eigenvalue weighted by Gasteiger charge is -2.15. The smallest absolute Gasteiger partial charge is 0.341 e. The maximum absolute atomic E-state index is 12.2. The molecule has 0 saturated carbocycles. The van der Waals surface area contributed by atoms with E-state index in [1.165, 1.54) is 7.11 Å². The summed E-state index contributed by atoms with van der Waals surface area (Å²) >= 11 is 0. The van der Waals surface area contributed by atoms with Gasteiger partial charge in [-0.15, -0.1) is 0 Å². The first kappa shape index (κ1) is 19.5. The van der Waals surface area contributed by atoms with Gasteiger partial charge < -0.3 is 19.2 Å². The highest BCUT2D eigenvalue weighted by atomic mass is 16.5. The molecule has 1 N–H and O–H groups in total. The quantitative estimate of drug-likeness (QED) is 0.729. The summed E-state index contributed by atoms with van der Waals surface area (Å²) < 4.78 is 15.6.